The smallest absolute Gasteiger partial charge is 0.227 e. The minimum atomic E-state index is -0.0745. The van der Waals surface area contributed by atoms with Gasteiger partial charge in [0.2, 0.25) is 5.91 Å². The van der Waals surface area contributed by atoms with Crippen molar-refractivity contribution >= 4 is 5.91 Å². The van der Waals surface area contributed by atoms with E-state index in [1.807, 2.05) is 12.2 Å². The van der Waals surface area contributed by atoms with Gasteiger partial charge in [-0.25, -0.2) is 0 Å². The maximum absolute atomic E-state index is 12.2. The van der Waals surface area contributed by atoms with Crippen molar-refractivity contribution in [3.05, 3.63) is 47.5 Å². The van der Waals surface area contributed by atoms with E-state index < -0.39 is 0 Å². The fourth-order valence-corrected chi connectivity index (χ4v) is 2.42. The standard InChI is InChI=1S/C16H22N2O/c1-3-15(12-6-4-11(2)5-7-12)18-16(19)13-8-9-14(17)10-13/h4-9,13-15H,3,10,17H2,1-2H3,(H,18,19). The summed E-state index contributed by atoms with van der Waals surface area (Å²) in [5.41, 5.74) is 8.18. The second kappa shape index (κ2) is 6.02. The number of nitrogens with two attached hydrogens (primary N) is 1. The highest BCUT2D eigenvalue weighted by molar-refractivity contribution is 5.81. The summed E-state index contributed by atoms with van der Waals surface area (Å²) in [6.07, 6.45) is 5.44. The van der Waals surface area contributed by atoms with Crippen LogP contribution in [-0.2, 0) is 4.79 Å². The zero-order valence-electron chi connectivity index (χ0n) is 11.6. The summed E-state index contributed by atoms with van der Waals surface area (Å²) in [5, 5.41) is 3.12. The van der Waals surface area contributed by atoms with E-state index in [9.17, 15) is 4.79 Å². The molecule has 0 bridgehead atoms. The molecule has 0 aromatic heterocycles. The average molecular weight is 258 g/mol. The molecule has 3 heteroatoms. The van der Waals surface area contributed by atoms with Crippen molar-refractivity contribution in [3.63, 3.8) is 0 Å². The van der Waals surface area contributed by atoms with Crippen molar-refractivity contribution in [1.29, 1.82) is 0 Å². The summed E-state index contributed by atoms with van der Waals surface area (Å²) in [6, 6.07) is 8.43. The van der Waals surface area contributed by atoms with Gasteiger partial charge >= 0.3 is 0 Å². The number of hydrogen-bond donors (Lipinski definition) is 2. The minimum Gasteiger partial charge on any atom is -0.349 e. The Morgan fingerprint density at radius 1 is 1.37 bits per heavy atom. The Labute approximate surface area is 114 Å². The number of aryl methyl sites for hydroxylation is 1. The molecular formula is C16H22N2O. The van der Waals surface area contributed by atoms with Crippen LogP contribution in [-0.4, -0.2) is 11.9 Å². The molecule has 0 spiro atoms. The Morgan fingerprint density at radius 3 is 2.58 bits per heavy atom. The van der Waals surface area contributed by atoms with Crippen LogP contribution in [0.25, 0.3) is 0 Å². The number of hydrogen-bond acceptors (Lipinski definition) is 2. The molecule has 3 N–H and O–H groups in total. The first-order valence-electron chi connectivity index (χ1n) is 6.91. The van der Waals surface area contributed by atoms with Crippen molar-refractivity contribution in [1.82, 2.24) is 5.32 Å². The lowest BCUT2D eigenvalue weighted by molar-refractivity contribution is -0.124. The van der Waals surface area contributed by atoms with Crippen molar-refractivity contribution in [2.24, 2.45) is 11.7 Å². The monoisotopic (exact) mass is 258 g/mol. The Hall–Kier alpha value is -1.61. The van der Waals surface area contributed by atoms with Gasteiger partial charge < -0.3 is 11.1 Å². The van der Waals surface area contributed by atoms with Crippen LogP contribution < -0.4 is 11.1 Å². The molecule has 0 fully saturated rings. The van der Waals surface area contributed by atoms with Gasteiger partial charge in [-0.2, -0.15) is 0 Å². The molecule has 1 aromatic rings. The fraction of sp³-hybridized carbons (Fsp3) is 0.438. The molecule has 3 atom stereocenters. The van der Waals surface area contributed by atoms with Crippen LogP contribution in [0.2, 0.25) is 0 Å². The van der Waals surface area contributed by atoms with Gasteiger partial charge in [0, 0.05) is 6.04 Å². The van der Waals surface area contributed by atoms with Gasteiger partial charge in [-0.1, -0.05) is 48.9 Å². The van der Waals surface area contributed by atoms with Crippen molar-refractivity contribution in [2.45, 2.75) is 38.8 Å². The molecule has 3 nitrogen and oxygen atoms in total. The maximum Gasteiger partial charge on any atom is 0.227 e. The van der Waals surface area contributed by atoms with E-state index in [0.29, 0.717) is 0 Å². The number of benzene rings is 1. The minimum absolute atomic E-state index is 0.0233. The van der Waals surface area contributed by atoms with Crippen LogP contribution in [0.15, 0.2) is 36.4 Å². The molecule has 1 amide bonds. The Balaban J connectivity index is 2.01. The second-order valence-electron chi connectivity index (χ2n) is 5.27. The molecule has 3 unspecified atom stereocenters. The summed E-state index contributed by atoms with van der Waals surface area (Å²) in [7, 11) is 0. The molecule has 2 rings (SSSR count). The lowest BCUT2D eigenvalue weighted by Crippen LogP contribution is -2.33. The average Bonchev–Trinajstić information content (AvgIpc) is 2.84. The molecule has 0 saturated heterocycles. The lowest BCUT2D eigenvalue weighted by atomic mass is 10.0. The highest BCUT2D eigenvalue weighted by Crippen LogP contribution is 2.21. The van der Waals surface area contributed by atoms with E-state index in [2.05, 4.69) is 43.4 Å². The predicted molar refractivity (Wildman–Crippen MR) is 77.6 cm³/mol. The molecule has 0 saturated carbocycles. The third-order valence-electron chi connectivity index (χ3n) is 3.66. The van der Waals surface area contributed by atoms with Crippen molar-refractivity contribution < 1.29 is 4.79 Å². The summed E-state index contributed by atoms with van der Waals surface area (Å²) in [4.78, 5) is 12.2. The largest absolute Gasteiger partial charge is 0.349 e. The second-order valence-corrected chi connectivity index (χ2v) is 5.27. The quantitative estimate of drug-likeness (QED) is 0.815. The summed E-state index contributed by atoms with van der Waals surface area (Å²) >= 11 is 0. The number of nitrogens with one attached hydrogen (secondary N) is 1. The first-order valence-corrected chi connectivity index (χ1v) is 6.91. The van der Waals surface area contributed by atoms with Crippen LogP contribution in [0.4, 0.5) is 0 Å². The number of carbonyl (C=O) groups excluding carboxylic acids is 1. The molecule has 1 aromatic carbocycles. The highest BCUT2D eigenvalue weighted by atomic mass is 16.1. The molecule has 0 aliphatic heterocycles. The Bertz CT molecular complexity index is 464. The number of amides is 1. The Kier molecular flexibility index (Phi) is 4.38. The maximum atomic E-state index is 12.2. The molecule has 0 radical (unpaired) electrons. The van der Waals surface area contributed by atoms with Crippen LogP contribution in [0, 0.1) is 12.8 Å². The molecule has 102 valence electrons. The number of rotatable bonds is 4. The molecule has 1 aliphatic rings. The zero-order chi connectivity index (χ0) is 13.8. The predicted octanol–water partition coefficient (Wildman–Crippen LogP) is 2.47. The van der Waals surface area contributed by atoms with Gasteiger partial charge in [-0.3, -0.25) is 4.79 Å². The normalized spacial score (nSPS) is 23.3. The van der Waals surface area contributed by atoms with Crippen LogP contribution in [0.3, 0.4) is 0 Å². The van der Waals surface area contributed by atoms with E-state index in [-0.39, 0.29) is 23.9 Å². The van der Waals surface area contributed by atoms with Gasteiger partial charge in [-0.15, -0.1) is 0 Å². The van der Waals surface area contributed by atoms with Gasteiger partial charge in [-0.05, 0) is 25.3 Å². The molecule has 19 heavy (non-hydrogen) atoms. The Morgan fingerprint density at radius 2 is 2.05 bits per heavy atom. The topological polar surface area (TPSA) is 55.1 Å². The third kappa shape index (κ3) is 3.44. The van der Waals surface area contributed by atoms with Crippen molar-refractivity contribution in [3.8, 4) is 0 Å². The molecular weight excluding hydrogens is 236 g/mol. The molecule has 0 heterocycles. The van der Waals surface area contributed by atoms with Gasteiger partial charge in [0.15, 0.2) is 0 Å². The summed E-state index contributed by atoms with van der Waals surface area (Å²) < 4.78 is 0. The van der Waals surface area contributed by atoms with E-state index in [0.717, 1.165) is 18.4 Å². The van der Waals surface area contributed by atoms with Gasteiger partial charge in [0.05, 0.1) is 12.0 Å². The number of carbonyl (C=O) groups is 1. The highest BCUT2D eigenvalue weighted by Gasteiger charge is 2.24. The van der Waals surface area contributed by atoms with E-state index in [4.69, 9.17) is 5.73 Å². The summed E-state index contributed by atoms with van der Waals surface area (Å²) in [6.45, 7) is 4.15. The van der Waals surface area contributed by atoms with E-state index >= 15 is 0 Å². The lowest BCUT2D eigenvalue weighted by Gasteiger charge is -2.20. The first-order chi connectivity index (χ1) is 9.10. The van der Waals surface area contributed by atoms with Crippen LogP contribution >= 0.6 is 0 Å². The van der Waals surface area contributed by atoms with Gasteiger partial charge in [0.1, 0.15) is 0 Å². The van der Waals surface area contributed by atoms with E-state index in [1.54, 1.807) is 0 Å². The molecule has 1 aliphatic carbocycles. The SMILES string of the molecule is CCC(NC(=O)C1C=CC(N)C1)c1ccc(C)cc1. The van der Waals surface area contributed by atoms with Crippen LogP contribution in [0.5, 0.6) is 0 Å². The van der Waals surface area contributed by atoms with E-state index in [1.165, 1.54) is 5.56 Å². The van der Waals surface area contributed by atoms with Crippen LogP contribution in [0.1, 0.15) is 36.9 Å². The third-order valence-corrected chi connectivity index (χ3v) is 3.66. The summed E-state index contributed by atoms with van der Waals surface area (Å²) in [5.74, 6) is 0.00567. The fourth-order valence-electron chi connectivity index (χ4n) is 2.42. The van der Waals surface area contributed by atoms with Gasteiger partial charge in [0.25, 0.3) is 0 Å². The first kappa shape index (κ1) is 13.8. The zero-order valence-corrected chi connectivity index (χ0v) is 11.6. The van der Waals surface area contributed by atoms with Crippen molar-refractivity contribution in [2.75, 3.05) is 0 Å².